The van der Waals surface area contributed by atoms with Crippen LogP contribution in [0, 0.1) is 0 Å². The number of rotatable bonds is 11. The highest BCUT2D eigenvalue weighted by atomic mass is 16.5. The van der Waals surface area contributed by atoms with E-state index in [9.17, 15) is 4.79 Å². The molecule has 0 aliphatic rings. The van der Waals surface area contributed by atoms with Crippen molar-refractivity contribution in [1.29, 1.82) is 0 Å². The summed E-state index contributed by atoms with van der Waals surface area (Å²) in [4.78, 5) is 17.9. The Morgan fingerprint density at radius 2 is 1.70 bits per heavy atom. The van der Waals surface area contributed by atoms with E-state index in [1.807, 2.05) is 43.3 Å². The molecule has 0 bridgehead atoms. The van der Waals surface area contributed by atoms with Crippen LogP contribution in [0.1, 0.15) is 60.9 Å². The van der Waals surface area contributed by atoms with Gasteiger partial charge in [-0.05, 0) is 67.3 Å². The van der Waals surface area contributed by atoms with Crippen LogP contribution in [-0.4, -0.2) is 36.3 Å². The summed E-state index contributed by atoms with van der Waals surface area (Å²) >= 11 is 0. The number of hydrogen-bond acceptors (Lipinski definition) is 5. The lowest BCUT2D eigenvalue weighted by molar-refractivity contribution is 0.0937. The molecule has 0 aliphatic heterocycles. The molecule has 37 heavy (non-hydrogen) atoms. The molecule has 2 unspecified atom stereocenters. The van der Waals surface area contributed by atoms with Crippen molar-refractivity contribution in [3.63, 3.8) is 0 Å². The van der Waals surface area contributed by atoms with Crippen LogP contribution in [0.3, 0.4) is 0 Å². The zero-order chi connectivity index (χ0) is 26.4. The van der Waals surface area contributed by atoms with Gasteiger partial charge in [0.05, 0.1) is 37.8 Å². The van der Waals surface area contributed by atoms with Crippen LogP contribution < -0.4 is 19.5 Å². The lowest BCUT2D eigenvalue weighted by atomic mass is 9.99. The van der Waals surface area contributed by atoms with E-state index in [1.165, 1.54) is 5.56 Å². The molecule has 0 saturated heterocycles. The number of ether oxygens (including phenoxy) is 3. The Hall–Kier alpha value is -4.00. The van der Waals surface area contributed by atoms with Gasteiger partial charge in [0.2, 0.25) is 0 Å². The zero-order valence-electron chi connectivity index (χ0n) is 22.2. The molecule has 2 atom stereocenters. The number of nitrogens with zero attached hydrogens (tertiary/aromatic N) is 2. The van der Waals surface area contributed by atoms with E-state index in [0.717, 1.165) is 29.0 Å². The number of benzene rings is 3. The first-order chi connectivity index (χ1) is 17.9. The van der Waals surface area contributed by atoms with Gasteiger partial charge in [-0.1, -0.05) is 38.1 Å². The monoisotopic (exact) mass is 501 g/mol. The second-order valence-electron chi connectivity index (χ2n) is 9.10. The average molecular weight is 502 g/mol. The largest absolute Gasteiger partial charge is 0.493 e. The Kier molecular flexibility index (Phi) is 8.33. The van der Waals surface area contributed by atoms with Crippen LogP contribution in [0.2, 0.25) is 0 Å². The van der Waals surface area contributed by atoms with Gasteiger partial charge in [0.25, 0.3) is 5.91 Å². The van der Waals surface area contributed by atoms with Gasteiger partial charge in [0, 0.05) is 5.56 Å². The predicted molar refractivity (Wildman–Crippen MR) is 146 cm³/mol. The predicted octanol–water partition coefficient (Wildman–Crippen LogP) is 6.14. The number of aromatic nitrogens is 2. The van der Waals surface area contributed by atoms with Crippen LogP contribution in [0.4, 0.5) is 0 Å². The van der Waals surface area contributed by atoms with Crippen molar-refractivity contribution in [2.45, 2.75) is 45.7 Å². The van der Waals surface area contributed by atoms with Crippen molar-refractivity contribution >= 4 is 16.9 Å². The fourth-order valence-corrected chi connectivity index (χ4v) is 4.36. The minimum atomic E-state index is -0.331. The Balaban J connectivity index is 1.49. The van der Waals surface area contributed by atoms with Crippen LogP contribution in [0.5, 0.6) is 17.2 Å². The maximum absolute atomic E-state index is 13.0. The molecule has 1 amide bonds. The fraction of sp³-hybridized carbons (Fsp3) is 0.333. The van der Waals surface area contributed by atoms with E-state index in [4.69, 9.17) is 19.2 Å². The number of methoxy groups -OCH3 is 2. The van der Waals surface area contributed by atoms with E-state index in [2.05, 4.69) is 35.9 Å². The molecule has 194 valence electrons. The summed E-state index contributed by atoms with van der Waals surface area (Å²) < 4.78 is 18.8. The summed E-state index contributed by atoms with van der Waals surface area (Å²) in [6, 6.07) is 21.1. The minimum Gasteiger partial charge on any atom is -0.493 e. The first kappa shape index (κ1) is 26.1. The summed E-state index contributed by atoms with van der Waals surface area (Å²) in [6.45, 7) is 7.43. The molecule has 7 nitrogen and oxygen atoms in total. The highest BCUT2D eigenvalue weighted by molar-refractivity contribution is 5.95. The molecule has 3 aromatic carbocycles. The first-order valence-electron chi connectivity index (χ1n) is 12.7. The number of carbonyl (C=O) groups is 1. The third-order valence-corrected chi connectivity index (χ3v) is 6.71. The van der Waals surface area contributed by atoms with Gasteiger partial charge >= 0.3 is 0 Å². The van der Waals surface area contributed by atoms with Crippen molar-refractivity contribution in [1.82, 2.24) is 14.9 Å². The lowest BCUT2D eigenvalue weighted by Crippen LogP contribution is -2.29. The molecular formula is C30H35N3O4. The number of nitrogens with one attached hydrogen (secondary N) is 1. The summed E-state index contributed by atoms with van der Waals surface area (Å²) in [7, 11) is 3.11. The van der Waals surface area contributed by atoms with Gasteiger partial charge in [-0.25, -0.2) is 4.98 Å². The Labute approximate surface area is 218 Å². The number of para-hydroxylation sites is 2. The molecule has 4 aromatic rings. The maximum Gasteiger partial charge on any atom is 0.251 e. The fourth-order valence-electron chi connectivity index (χ4n) is 4.36. The quantitative estimate of drug-likeness (QED) is 0.267. The van der Waals surface area contributed by atoms with Crippen LogP contribution in [0.15, 0.2) is 66.7 Å². The van der Waals surface area contributed by atoms with E-state index in [1.54, 1.807) is 32.4 Å². The molecule has 7 heteroatoms. The molecule has 0 aliphatic carbocycles. The van der Waals surface area contributed by atoms with Crippen LogP contribution >= 0.6 is 0 Å². The summed E-state index contributed by atoms with van der Waals surface area (Å²) in [6.07, 6.45) is 1.11. The summed E-state index contributed by atoms with van der Waals surface area (Å²) in [5.41, 5.74) is 3.68. The third kappa shape index (κ3) is 5.88. The van der Waals surface area contributed by atoms with Crippen molar-refractivity contribution in [2.75, 3.05) is 20.8 Å². The van der Waals surface area contributed by atoms with Crippen LogP contribution in [-0.2, 0) is 6.54 Å². The number of hydrogen-bond donors (Lipinski definition) is 1. The molecule has 0 fully saturated rings. The average Bonchev–Trinajstić information content (AvgIpc) is 3.31. The molecule has 1 N–H and O–H groups in total. The van der Waals surface area contributed by atoms with Crippen molar-refractivity contribution in [3.05, 3.63) is 83.7 Å². The van der Waals surface area contributed by atoms with Crippen molar-refractivity contribution in [3.8, 4) is 17.2 Å². The molecule has 0 radical (unpaired) electrons. The Morgan fingerprint density at radius 3 is 2.41 bits per heavy atom. The smallest absolute Gasteiger partial charge is 0.251 e. The Morgan fingerprint density at radius 1 is 0.973 bits per heavy atom. The molecule has 4 rings (SSSR count). The number of imidazole rings is 1. The number of amides is 1. The third-order valence-electron chi connectivity index (χ3n) is 6.71. The van der Waals surface area contributed by atoms with Gasteiger partial charge < -0.3 is 24.1 Å². The highest BCUT2D eigenvalue weighted by Gasteiger charge is 2.20. The summed E-state index contributed by atoms with van der Waals surface area (Å²) in [5, 5.41) is 3.07. The van der Waals surface area contributed by atoms with E-state index < -0.39 is 0 Å². The number of fused-ring (bicyclic) bond motifs is 1. The van der Waals surface area contributed by atoms with Gasteiger partial charge in [-0.15, -0.1) is 0 Å². The number of carbonyl (C=O) groups excluding carboxylic acids is 1. The molecule has 0 saturated carbocycles. The van der Waals surface area contributed by atoms with Gasteiger partial charge in [-0.3, -0.25) is 4.79 Å². The molecular weight excluding hydrogens is 466 g/mol. The SMILES string of the molecule is CCC(C)c1ccc(OCCn2c(C(C)NC(=O)c3ccc(OC)c(OC)c3)nc3ccccc32)cc1. The van der Waals surface area contributed by atoms with Gasteiger partial charge in [-0.2, -0.15) is 0 Å². The Bertz CT molecular complexity index is 1350. The van der Waals surface area contributed by atoms with Crippen molar-refractivity contribution < 1.29 is 19.0 Å². The standard InChI is InChI=1S/C30H35N3O4/c1-6-20(2)22-11-14-24(15-12-22)37-18-17-33-26-10-8-7-9-25(26)32-29(33)21(3)31-30(34)23-13-16-27(35-4)28(19-23)36-5/h7-16,19-21H,6,17-18H2,1-5H3,(H,31,34). The van der Waals surface area contributed by atoms with Gasteiger partial charge in [0.15, 0.2) is 11.5 Å². The molecule has 0 spiro atoms. The lowest BCUT2D eigenvalue weighted by Gasteiger charge is -2.17. The minimum absolute atomic E-state index is 0.218. The molecule has 1 heterocycles. The molecule has 1 aromatic heterocycles. The zero-order valence-corrected chi connectivity index (χ0v) is 22.2. The van der Waals surface area contributed by atoms with Crippen LogP contribution in [0.25, 0.3) is 11.0 Å². The first-order valence-corrected chi connectivity index (χ1v) is 12.7. The normalized spacial score (nSPS) is 12.7. The second kappa shape index (κ2) is 11.8. The van der Waals surface area contributed by atoms with E-state index in [0.29, 0.717) is 36.1 Å². The van der Waals surface area contributed by atoms with Crippen molar-refractivity contribution in [2.24, 2.45) is 0 Å². The highest BCUT2D eigenvalue weighted by Crippen LogP contribution is 2.28. The second-order valence-corrected chi connectivity index (χ2v) is 9.10. The van der Waals surface area contributed by atoms with E-state index in [-0.39, 0.29) is 11.9 Å². The maximum atomic E-state index is 13.0. The summed E-state index contributed by atoms with van der Waals surface area (Å²) in [5.74, 6) is 3.00. The van der Waals surface area contributed by atoms with Gasteiger partial charge in [0.1, 0.15) is 18.2 Å². The topological polar surface area (TPSA) is 74.6 Å². The van der Waals surface area contributed by atoms with E-state index >= 15 is 0 Å².